The summed E-state index contributed by atoms with van der Waals surface area (Å²) in [4.78, 5) is 23.1. The molecule has 1 aliphatic carbocycles. The van der Waals surface area contributed by atoms with Crippen molar-refractivity contribution >= 4 is 17.8 Å². The second kappa shape index (κ2) is 5.97. The van der Waals surface area contributed by atoms with Gasteiger partial charge in [-0.1, -0.05) is 18.2 Å². The van der Waals surface area contributed by atoms with Crippen LogP contribution in [0.2, 0.25) is 0 Å². The molecule has 0 aliphatic heterocycles. The van der Waals surface area contributed by atoms with Gasteiger partial charge in [-0.3, -0.25) is 14.7 Å². The van der Waals surface area contributed by atoms with Crippen molar-refractivity contribution < 1.29 is 14.7 Å². The molecule has 1 aromatic carbocycles. The zero-order valence-corrected chi connectivity index (χ0v) is 11.9. The van der Waals surface area contributed by atoms with E-state index in [0.717, 1.165) is 12.8 Å². The van der Waals surface area contributed by atoms with Gasteiger partial charge >= 0.3 is 5.97 Å². The summed E-state index contributed by atoms with van der Waals surface area (Å²) in [6, 6.07) is 7.09. The Kier molecular flexibility index (Phi) is 3.86. The van der Waals surface area contributed by atoms with E-state index in [0.29, 0.717) is 24.0 Å². The van der Waals surface area contributed by atoms with E-state index in [4.69, 9.17) is 5.11 Å². The van der Waals surface area contributed by atoms with Crippen LogP contribution < -0.4 is 5.32 Å². The highest BCUT2D eigenvalue weighted by Crippen LogP contribution is 2.36. The molecular weight excluding hydrogens is 284 g/mol. The molecule has 0 spiro atoms. The maximum atomic E-state index is 12.0. The predicted octanol–water partition coefficient (Wildman–Crippen LogP) is 1.88. The second-order valence-electron chi connectivity index (χ2n) is 5.30. The molecule has 0 unspecified atom stereocenters. The van der Waals surface area contributed by atoms with E-state index in [2.05, 4.69) is 15.5 Å². The molecule has 1 aromatic heterocycles. The van der Waals surface area contributed by atoms with Gasteiger partial charge < -0.3 is 5.11 Å². The van der Waals surface area contributed by atoms with Gasteiger partial charge in [-0.25, -0.2) is 4.79 Å². The van der Waals surface area contributed by atoms with Crippen LogP contribution in [0.15, 0.2) is 30.6 Å². The van der Waals surface area contributed by atoms with Gasteiger partial charge in [0.25, 0.3) is 0 Å². The number of carboxylic acid groups (broad SMARTS) is 1. The van der Waals surface area contributed by atoms with Gasteiger partial charge in [-0.05, 0) is 30.9 Å². The fourth-order valence-corrected chi connectivity index (χ4v) is 2.33. The predicted molar refractivity (Wildman–Crippen MR) is 78.6 cm³/mol. The quantitative estimate of drug-likeness (QED) is 0.849. The Morgan fingerprint density at radius 2 is 2.09 bits per heavy atom. The molecule has 1 aliphatic rings. The maximum Gasteiger partial charge on any atom is 0.335 e. The number of amides is 1. The number of aromatic nitrogens is 3. The highest BCUT2D eigenvalue weighted by molar-refractivity contribution is 5.91. The number of benzene rings is 1. The van der Waals surface area contributed by atoms with Crippen LogP contribution in [0, 0.1) is 0 Å². The Bertz CT molecular complexity index is 706. The van der Waals surface area contributed by atoms with Gasteiger partial charge in [0.1, 0.15) is 6.33 Å². The van der Waals surface area contributed by atoms with Gasteiger partial charge in [-0.2, -0.15) is 0 Å². The minimum absolute atomic E-state index is 0.196. The average Bonchev–Trinajstić information content (AvgIpc) is 3.25. The SMILES string of the molecule is O=C(CCc1ccccc1C(=O)O)Nc1nncn1C1CC1. The van der Waals surface area contributed by atoms with Gasteiger partial charge in [0, 0.05) is 12.5 Å². The van der Waals surface area contributed by atoms with Crippen LogP contribution in [0.5, 0.6) is 0 Å². The van der Waals surface area contributed by atoms with Crippen molar-refractivity contribution in [1.82, 2.24) is 14.8 Å². The average molecular weight is 300 g/mol. The summed E-state index contributed by atoms with van der Waals surface area (Å²) in [5.74, 6) is -0.724. The third-order valence-corrected chi connectivity index (χ3v) is 3.63. The van der Waals surface area contributed by atoms with Crippen LogP contribution >= 0.6 is 0 Å². The highest BCUT2D eigenvalue weighted by Gasteiger charge is 2.26. The fraction of sp³-hybridized carbons (Fsp3) is 0.333. The maximum absolute atomic E-state index is 12.0. The van der Waals surface area contributed by atoms with E-state index >= 15 is 0 Å². The van der Waals surface area contributed by atoms with Crippen LogP contribution in [0.1, 0.15) is 41.2 Å². The molecule has 0 atom stereocenters. The molecule has 1 fully saturated rings. The first-order valence-electron chi connectivity index (χ1n) is 7.15. The van der Waals surface area contributed by atoms with E-state index in [1.54, 1.807) is 30.6 Å². The Morgan fingerprint density at radius 1 is 1.32 bits per heavy atom. The van der Waals surface area contributed by atoms with E-state index in [9.17, 15) is 9.59 Å². The van der Waals surface area contributed by atoms with Crippen LogP contribution in [0.4, 0.5) is 5.95 Å². The van der Waals surface area contributed by atoms with Crippen molar-refractivity contribution in [2.24, 2.45) is 0 Å². The van der Waals surface area contributed by atoms with Gasteiger partial charge in [-0.15, -0.1) is 10.2 Å². The van der Waals surface area contributed by atoms with Crippen LogP contribution in [-0.2, 0) is 11.2 Å². The van der Waals surface area contributed by atoms with Gasteiger partial charge in [0.05, 0.1) is 5.56 Å². The van der Waals surface area contributed by atoms with E-state index in [-0.39, 0.29) is 17.9 Å². The number of carboxylic acids is 1. The van der Waals surface area contributed by atoms with Gasteiger partial charge in [0.2, 0.25) is 11.9 Å². The van der Waals surface area contributed by atoms with Crippen molar-refractivity contribution in [2.75, 3.05) is 5.32 Å². The number of rotatable bonds is 6. The molecule has 2 N–H and O–H groups in total. The Balaban J connectivity index is 1.61. The molecule has 0 saturated heterocycles. The molecule has 2 aromatic rings. The lowest BCUT2D eigenvalue weighted by molar-refractivity contribution is -0.116. The van der Waals surface area contributed by atoms with Crippen LogP contribution in [-0.4, -0.2) is 31.7 Å². The fourth-order valence-electron chi connectivity index (χ4n) is 2.33. The minimum Gasteiger partial charge on any atom is -0.478 e. The number of anilines is 1. The molecule has 22 heavy (non-hydrogen) atoms. The summed E-state index contributed by atoms with van der Waals surface area (Å²) in [5.41, 5.74) is 0.880. The number of aromatic carboxylic acids is 1. The first-order valence-corrected chi connectivity index (χ1v) is 7.15. The zero-order chi connectivity index (χ0) is 15.5. The molecule has 7 nitrogen and oxygen atoms in total. The summed E-state index contributed by atoms with van der Waals surface area (Å²) >= 11 is 0. The van der Waals surface area contributed by atoms with Gasteiger partial charge in [0.15, 0.2) is 0 Å². The zero-order valence-electron chi connectivity index (χ0n) is 11.9. The van der Waals surface area contributed by atoms with Crippen molar-refractivity contribution in [2.45, 2.75) is 31.7 Å². The highest BCUT2D eigenvalue weighted by atomic mass is 16.4. The molecule has 1 heterocycles. The Hall–Kier alpha value is -2.70. The molecule has 7 heteroatoms. The lowest BCUT2D eigenvalue weighted by atomic mass is 10.0. The number of nitrogens with one attached hydrogen (secondary N) is 1. The van der Waals surface area contributed by atoms with E-state index < -0.39 is 5.97 Å². The first kappa shape index (κ1) is 14.2. The topological polar surface area (TPSA) is 97.1 Å². The normalized spacial score (nSPS) is 13.8. The third-order valence-electron chi connectivity index (χ3n) is 3.63. The number of hydrogen-bond acceptors (Lipinski definition) is 4. The lowest BCUT2D eigenvalue weighted by Crippen LogP contribution is -2.16. The summed E-state index contributed by atoms with van der Waals surface area (Å²) in [5, 5.41) is 19.6. The van der Waals surface area contributed by atoms with E-state index in [1.807, 2.05) is 4.57 Å². The molecule has 3 rings (SSSR count). The van der Waals surface area contributed by atoms with Crippen molar-refractivity contribution in [3.63, 3.8) is 0 Å². The molecule has 1 saturated carbocycles. The number of carbonyl (C=O) groups is 2. The van der Waals surface area contributed by atoms with Crippen molar-refractivity contribution in [3.8, 4) is 0 Å². The largest absolute Gasteiger partial charge is 0.478 e. The lowest BCUT2D eigenvalue weighted by Gasteiger charge is -2.08. The molecule has 0 radical (unpaired) electrons. The second-order valence-corrected chi connectivity index (χ2v) is 5.30. The first-order chi connectivity index (χ1) is 10.6. The number of aryl methyl sites for hydroxylation is 1. The summed E-state index contributed by atoms with van der Waals surface area (Å²) in [7, 11) is 0. The molecule has 114 valence electrons. The molecule has 0 bridgehead atoms. The number of hydrogen-bond donors (Lipinski definition) is 2. The molecule has 1 amide bonds. The van der Waals surface area contributed by atoms with Crippen molar-refractivity contribution in [3.05, 3.63) is 41.7 Å². The Morgan fingerprint density at radius 3 is 2.82 bits per heavy atom. The smallest absolute Gasteiger partial charge is 0.335 e. The third kappa shape index (κ3) is 3.13. The Labute approximate surface area is 127 Å². The standard InChI is InChI=1S/C15H16N4O3/c20-13(17-15-18-16-9-19(15)11-6-7-11)8-5-10-3-1-2-4-12(10)14(21)22/h1-4,9,11H,5-8H2,(H,21,22)(H,17,18,20). The van der Waals surface area contributed by atoms with E-state index in [1.165, 1.54) is 0 Å². The van der Waals surface area contributed by atoms with Crippen molar-refractivity contribution in [1.29, 1.82) is 0 Å². The number of carbonyl (C=O) groups excluding carboxylic acids is 1. The summed E-state index contributed by atoms with van der Waals surface area (Å²) in [6.45, 7) is 0. The van der Waals surface area contributed by atoms with Crippen LogP contribution in [0.25, 0.3) is 0 Å². The minimum atomic E-state index is -0.982. The number of nitrogens with zero attached hydrogens (tertiary/aromatic N) is 3. The molecular formula is C15H16N4O3. The monoisotopic (exact) mass is 300 g/mol. The summed E-state index contributed by atoms with van der Waals surface area (Å²) < 4.78 is 1.86. The van der Waals surface area contributed by atoms with Crippen LogP contribution in [0.3, 0.4) is 0 Å². The summed E-state index contributed by atoms with van der Waals surface area (Å²) in [6.07, 6.45) is 4.33.